The van der Waals surface area contributed by atoms with Crippen LogP contribution < -0.4 is 10.6 Å². The molecule has 0 aliphatic heterocycles. The van der Waals surface area contributed by atoms with Crippen LogP contribution in [0.4, 0.5) is 23.7 Å². The first-order valence-corrected chi connectivity index (χ1v) is 6.71. The first-order valence-electron chi connectivity index (χ1n) is 6.71. The summed E-state index contributed by atoms with van der Waals surface area (Å²) in [7, 11) is 0. The Morgan fingerprint density at radius 3 is 2.18 bits per heavy atom. The lowest BCUT2D eigenvalue weighted by Crippen LogP contribution is -2.30. The molecule has 0 aliphatic rings. The number of rotatable bonds is 4. The van der Waals surface area contributed by atoms with Gasteiger partial charge in [0.2, 0.25) is 0 Å². The van der Waals surface area contributed by atoms with Crippen molar-refractivity contribution in [1.29, 1.82) is 0 Å². The molecule has 6 heteroatoms. The summed E-state index contributed by atoms with van der Waals surface area (Å²) < 4.78 is 37.2. The fourth-order valence-electron chi connectivity index (χ4n) is 1.88. The minimum absolute atomic E-state index is 0.310. The Balaban J connectivity index is 1.79. The number of nitrogens with one attached hydrogen (secondary N) is 2. The van der Waals surface area contributed by atoms with Gasteiger partial charge in [0, 0.05) is 12.2 Å². The molecule has 0 aliphatic carbocycles. The van der Waals surface area contributed by atoms with Crippen LogP contribution in [-0.2, 0) is 12.6 Å². The number of amides is 2. The highest BCUT2D eigenvalue weighted by Crippen LogP contribution is 2.29. The van der Waals surface area contributed by atoms with Gasteiger partial charge in [-0.05, 0) is 36.2 Å². The molecule has 2 aromatic rings. The summed E-state index contributed by atoms with van der Waals surface area (Å²) in [4.78, 5) is 11.6. The molecule has 22 heavy (non-hydrogen) atoms. The maximum Gasteiger partial charge on any atom is 0.416 e. The Morgan fingerprint density at radius 1 is 0.955 bits per heavy atom. The largest absolute Gasteiger partial charge is 0.416 e. The highest BCUT2D eigenvalue weighted by molar-refractivity contribution is 5.89. The summed E-state index contributed by atoms with van der Waals surface area (Å²) in [5.74, 6) is 0. The lowest BCUT2D eigenvalue weighted by atomic mass is 10.1. The number of anilines is 1. The first kappa shape index (κ1) is 15.9. The zero-order chi connectivity index (χ0) is 16.0. The summed E-state index contributed by atoms with van der Waals surface area (Å²) in [6.45, 7) is 0.441. The molecule has 2 rings (SSSR count). The van der Waals surface area contributed by atoms with Gasteiger partial charge in [0.15, 0.2) is 0 Å². The van der Waals surface area contributed by atoms with Crippen molar-refractivity contribution < 1.29 is 18.0 Å². The van der Waals surface area contributed by atoms with E-state index < -0.39 is 17.8 Å². The number of hydrogen-bond donors (Lipinski definition) is 2. The van der Waals surface area contributed by atoms with E-state index in [9.17, 15) is 18.0 Å². The molecule has 2 amide bonds. The third-order valence-corrected chi connectivity index (χ3v) is 3.01. The van der Waals surface area contributed by atoms with E-state index in [4.69, 9.17) is 0 Å². The summed E-state index contributed by atoms with van der Waals surface area (Å²) in [6.07, 6.45) is -3.70. The van der Waals surface area contributed by atoms with Gasteiger partial charge in [-0.3, -0.25) is 0 Å². The van der Waals surface area contributed by atoms with Crippen LogP contribution in [0.25, 0.3) is 0 Å². The Bertz CT molecular complexity index is 610. The molecule has 2 aromatic carbocycles. The molecule has 0 aromatic heterocycles. The van der Waals surface area contributed by atoms with Crippen LogP contribution in [0.2, 0.25) is 0 Å². The highest BCUT2D eigenvalue weighted by Gasteiger charge is 2.29. The molecule has 0 saturated carbocycles. The number of carbonyl (C=O) groups is 1. The average molecular weight is 308 g/mol. The smallest absolute Gasteiger partial charge is 0.338 e. The van der Waals surface area contributed by atoms with E-state index in [0.717, 1.165) is 17.7 Å². The lowest BCUT2D eigenvalue weighted by molar-refractivity contribution is -0.137. The second kappa shape index (κ2) is 6.98. The summed E-state index contributed by atoms with van der Waals surface area (Å²) in [6, 6.07) is 13.5. The Hall–Kier alpha value is -2.50. The minimum Gasteiger partial charge on any atom is -0.338 e. The van der Waals surface area contributed by atoms with Gasteiger partial charge in [0.25, 0.3) is 0 Å². The monoisotopic (exact) mass is 308 g/mol. The number of alkyl halides is 3. The summed E-state index contributed by atoms with van der Waals surface area (Å²) in [5.41, 5.74) is 0.657. The van der Waals surface area contributed by atoms with Crippen molar-refractivity contribution in [2.75, 3.05) is 11.9 Å². The summed E-state index contributed by atoms with van der Waals surface area (Å²) in [5, 5.41) is 5.14. The predicted octanol–water partition coefficient (Wildman–Crippen LogP) is 4.07. The fourth-order valence-corrected chi connectivity index (χ4v) is 1.88. The van der Waals surface area contributed by atoms with Gasteiger partial charge in [-0.2, -0.15) is 13.2 Å². The van der Waals surface area contributed by atoms with E-state index in [1.165, 1.54) is 12.1 Å². The second-order valence-corrected chi connectivity index (χ2v) is 4.69. The van der Waals surface area contributed by atoms with Crippen LogP contribution in [0.3, 0.4) is 0 Å². The zero-order valence-corrected chi connectivity index (χ0v) is 11.7. The standard InChI is InChI=1S/C16H15F3N2O/c17-16(18,19)13-6-8-14(9-7-13)21-15(22)20-11-10-12-4-2-1-3-5-12/h1-9H,10-11H2,(H2,20,21,22). The van der Waals surface area contributed by atoms with Crippen LogP contribution >= 0.6 is 0 Å². The van der Waals surface area contributed by atoms with Crippen molar-refractivity contribution in [2.24, 2.45) is 0 Å². The molecular weight excluding hydrogens is 293 g/mol. The van der Waals surface area contributed by atoms with Gasteiger partial charge in [-0.15, -0.1) is 0 Å². The van der Waals surface area contributed by atoms with E-state index in [0.29, 0.717) is 18.7 Å². The molecule has 3 nitrogen and oxygen atoms in total. The highest BCUT2D eigenvalue weighted by atomic mass is 19.4. The average Bonchev–Trinajstić information content (AvgIpc) is 2.48. The van der Waals surface area contributed by atoms with E-state index >= 15 is 0 Å². The molecule has 0 unspecified atom stereocenters. The molecule has 2 N–H and O–H groups in total. The van der Waals surface area contributed by atoms with Crippen LogP contribution in [0.5, 0.6) is 0 Å². The lowest BCUT2D eigenvalue weighted by Gasteiger charge is -2.10. The van der Waals surface area contributed by atoms with E-state index in [1.807, 2.05) is 30.3 Å². The van der Waals surface area contributed by atoms with Crippen LogP contribution in [0, 0.1) is 0 Å². The third kappa shape index (κ3) is 4.80. The fraction of sp³-hybridized carbons (Fsp3) is 0.188. The number of halogens is 3. The van der Waals surface area contributed by atoms with Crippen LogP contribution in [-0.4, -0.2) is 12.6 Å². The van der Waals surface area contributed by atoms with E-state index in [-0.39, 0.29) is 0 Å². The molecule has 0 fully saturated rings. The number of urea groups is 1. The van der Waals surface area contributed by atoms with Gasteiger partial charge in [-0.1, -0.05) is 30.3 Å². The first-order chi connectivity index (χ1) is 10.4. The van der Waals surface area contributed by atoms with Crippen molar-refractivity contribution in [3.63, 3.8) is 0 Å². The van der Waals surface area contributed by atoms with Crippen molar-refractivity contribution in [3.8, 4) is 0 Å². The molecular formula is C16H15F3N2O. The van der Waals surface area contributed by atoms with E-state index in [2.05, 4.69) is 10.6 Å². The predicted molar refractivity (Wildman–Crippen MR) is 78.6 cm³/mol. The van der Waals surface area contributed by atoms with Crippen LogP contribution in [0.1, 0.15) is 11.1 Å². The van der Waals surface area contributed by atoms with Gasteiger partial charge in [0.1, 0.15) is 0 Å². The van der Waals surface area contributed by atoms with Crippen molar-refractivity contribution in [1.82, 2.24) is 5.32 Å². The maximum atomic E-state index is 12.4. The molecule has 0 bridgehead atoms. The quantitative estimate of drug-likeness (QED) is 0.878. The van der Waals surface area contributed by atoms with Crippen LogP contribution in [0.15, 0.2) is 54.6 Å². The second-order valence-electron chi connectivity index (χ2n) is 4.69. The number of benzene rings is 2. The number of hydrogen-bond acceptors (Lipinski definition) is 1. The van der Waals surface area contributed by atoms with Crippen molar-refractivity contribution in [2.45, 2.75) is 12.6 Å². The summed E-state index contributed by atoms with van der Waals surface area (Å²) >= 11 is 0. The Labute approximate surface area is 126 Å². The van der Waals surface area contributed by atoms with E-state index in [1.54, 1.807) is 0 Å². The third-order valence-electron chi connectivity index (χ3n) is 3.01. The minimum atomic E-state index is -4.38. The Morgan fingerprint density at radius 2 is 1.59 bits per heavy atom. The van der Waals surface area contributed by atoms with Gasteiger partial charge < -0.3 is 10.6 Å². The van der Waals surface area contributed by atoms with Gasteiger partial charge >= 0.3 is 12.2 Å². The normalized spacial score (nSPS) is 11.0. The molecule has 0 spiro atoms. The van der Waals surface area contributed by atoms with Gasteiger partial charge in [0.05, 0.1) is 5.56 Å². The topological polar surface area (TPSA) is 41.1 Å². The molecule has 0 saturated heterocycles. The molecule has 0 radical (unpaired) electrons. The zero-order valence-electron chi connectivity index (χ0n) is 11.7. The van der Waals surface area contributed by atoms with Crippen molar-refractivity contribution >= 4 is 11.7 Å². The SMILES string of the molecule is O=C(NCCc1ccccc1)Nc1ccc(C(F)(F)F)cc1. The molecule has 116 valence electrons. The Kier molecular flexibility index (Phi) is 5.04. The maximum absolute atomic E-state index is 12.4. The molecule has 0 heterocycles. The van der Waals surface area contributed by atoms with Crippen molar-refractivity contribution in [3.05, 3.63) is 65.7 Å². The molecule has 0 atom stereocenters. The van der Waals surface area contributed by atoms with Gasteiger partial charge in [-0.25, -0.2) is 4.79 Å². The number of carbonyl (C=O) groups excluding carboxylic acids is 1.